The summed E-state index contributed by atoms with van der Waals surface area (Å²) in [5, 5.41) is 13.4. The Morgan fingerprint density at radius 3 is 2.24 bits per heavy atom. The Balaban J connectivity index is 1.91. The molecule has 37 heavy (non-hydrogen) atoms. The van der Waals surface area contributed by atoms with Crippen molar-refractivity contribution in [3.8, 4) is 18.0 Å². The standard InChI is InChI=1S/C24H19F5N6O2/c1-3-16(36)35(14-8-9-15(12(2)10-14)34-11-30-32-33-34)23(24(37)31-13-6-4-5-7-13)17-18(25)20(27)22(29)21(28)19(17)26/h1,8-11,13,23H,4-7H2,2H3,(H,31,37). The van der Waals surface area contributed by atoms with Crippen LogP contribution in [0.4, 0.5) is 27.6 Å². The Bertz CT molecular complexity index is 1370. The summed E-state index contributed by atoms with van der Waals surface area (Å²) < 4.78 is 73.5. The first-order chi connectivity index (χ1) is 17.6. The van der Waals surface area contributed by atoms with Crippen LogP contribution in [0, 0.1) is 48.4 Å². The molecule has 1 unspecified atom stereocenters. The Morgan fingerprint density at radius 2 is 1.70 bits per heavy atom. The fourth-order valence-corrected chi connectivity index (χ4v) is 4.36. The second-order valence-corrected chi connectivity index (χ2v) is 8.42. The summed E-state index contributed by atoms with van der Waals surface area (Å²) in [4.78, 5) is 26.9. The van der Waals surface area contributed by atoms with Gasteiger partial charge in [-0.15, -0.1) is 11.5 Å². The summed E-state index contributed by atoms with van der Waals surface area (Å²) in [5.74, 6) is -12.0. The average molecular weight is 518 g/mol. The number of nitrogens with zero attached hydrogens (tertiary/aromatic N) is 5. The third-order valence-electron chi connectivity index (χ3n) is 6.12. The van der Waals surface area contributed by atoms with E-state index in [0.717, 1.165) is 12.8 Å². The molecule has 1 aliphatic rings. The highest BCUT2D eigenvalue weighted by Gasteiger charge is 2.41. The maximum Gasteiger partial charge on any atom is 0.303 e. The van der Waals surface area contributed by atoms with E-state index in [0.29, 0.717) is 29.0 Å². The van der Waals surface area contributed by atoms with Crippen molar-refractivity contribution in [3.05, 3.63) is 64.7 Å². The topological polar surface area (TPSA) is 93.0 Å². The molecule has 2 aromatic carbocycles. The predicted octanol–water partition coefficient (Wildman–Crippen LogP) is 3.43. The summed E-state index contributed by atoms with van der Waals surface area (Å²) in [6, 6.07) is 1.33. The number of halogens is 5. The molecule has 0 aliphatic heterocycles. The van der Waals surface area contributed by atoms with Crippen LogP contribution in [0.5, 0.6) is 0 Å². The molecule has 1 atom stereocenters. The highest BCUT2D eigenvalue weighted by molar-refractivity contribution is 6.09. The van der Waals surface area contributed by atoms with Crippen molar-refractivity contribution < 1.29 is 31.5 Å². The minimum absolute atomic E-state index is 0.132. The van der Waals surface area contributed by atoms with Crippen molar-refractivity contribution >= 4 is 17.5 Å². The molecule has 2 amide bonds. The highest BCUT2D eigenvalue weighted by atomic mass is 19.2. The molecule has 0 spiro atoms. The van der Waals surface area contributed by atoms with Crippen LogP contribution >= 0.6 is 0 Å². The summed E-state index contributed by atoms with van der Waals surface area (Å²) in [6.07, 6.45) is 9.20. The zero-order valence-electron chi connectivity index (χ0n) is 19.3. The smallest absolute Gasteiger partial charge is 0.303 e. The zero-order chi connectivity index (χ0) is 26.9. The molecular weight excluding hydrogens is 499 g/mol. The van der Waals surface area contributed by atoms with Crippen LogP contribution < -0.4 is 10.2 Å². The maximum atomic E-state index is 15.0. The van der Waals surface area contributed by atoms with Gasteiger partial charge < -0.3 is 5.32 Å². The molecule has 1 saturated carbocycles. The van der Waals surface area contributed by atoms with Gasteiger partial charge in [-0.2, -0.15) is 0 Å². The van der Waals surface area contributed by atoms with E-state index in [1.165, 1.54) is 29.2 Å². The molecule has 13 heteroatoms. The van der Waals surface area contributed by atoms with Gasteiger partial charge in [0.15, 0.2) is 23.3 Å². The van der Waals surface area contributed by atoms with Gasteiger partial charge in [0, 0.05) is 11.7 Å². The summed E-state index contributed by atoms with van der Waals surface area (Å²) in [7, 11) is 0. The van der Waals surface area contributed by atoms with Crippen LogP contribution in [-0.2, 0) is 9.59 Å². The number of amides is 2. The van der Waals surface area contributed by atoms with E-state index in [2.05, 4.69) is 20.8 Å². The normalized spacial score (nSPS) is 14.3. The van der Waals surface area contributed by atoms with Crippen molar-refractivity contribution in [1.82, 2.24) is 25.5 Å². The van der Waals surface area contributed by atoms with Crippen LogP contribution in [0.3, 0.4) is 0 Å². The number of anilines is 1. The lowest BCUT2D eigenvalue weighted by Gasteiger charge is -2.31. The van der Waals surface area contributed by atoms with Gasteiger partial charge in [-0.05, 0) is 59.9 Å². The van der Waals surface area contributed by atoms with Gasteiger partial charge in [-0.3, -0.25) is 14.5 Å². The highest BCUT2D eigenvalue weighted by Crippen LogP contribution is 2.36. The average Bonchev–Trinajstić information content (AvgIpc) is 3.60. The van der Waals surface area contributed by atoms with Crippen LogP contribution in [0.2, 0.25) is 0 Å². The van der Waals surface area contributed by atoms with E-state index >= 15 is 0 Å². The van der Waals surface area contributed by atoms with E-state index in [9.17, 15) is 31.5 Å². The molecule has 1 heterocycles. The molecule has 1 aromatic heterocycles. The van der Waals surface area contributed by atoms with Gasteiger partial charge in [0.05, 0.1) is 11.3 Å². The van der Waals surface area contributed by atoms with Crippen molar-refractivity contribution in [2.45, 2.75) is 44.7 Å². The lowest BCUT2D eigenvalue weighted by molar-refractivity contribution is -0.125. The van der Waals surface area contributed by atoms with Gasteiger partial charge in [-0.25, -0.2) is 26.6 Å². The minimum atomic E-state index is -2.40. The molecule has 8 nitrogen and oxygen atoms in total. The third-order valence-corrected chi connectivity index (χ3v) is 6.12. The second-order valence-electron chi connectivity index (χ2n) is 8.42. The first-order valence-corrected chi connectivity index (χ1v) is 11.1. The minimum Gasteiger partial charge on any atom is -0.351 e. The molecule has 1 fully saturated rings. The first-order valence-electron chi connectivity index (χ1n) is 11.1. The molecule has 1 N–H and O–H groups in total. The van der Waals surface area contributed by atoms with E-state index in [1.54, 1.807) is 12.8 Å². The number of hydrogen-bond donors (Lipinski definition) is 1. The van der Waals surface area contributed by atoms with E-state index < -0.39 is 58.5 Å². The van der Waals surface area contributed by atoms with Gasteiger partial charge in [-0.1, -0.05) is 12.8 Å². The summed E-state index contributed by atoms with van der Waals surface area (Å²) in [5.41, 5.74) is -0.748. The van der Waals surface area contributed by atoms with Crippen molar-refractivity contribution in [3.63, 3.8) is 0 Å². The Kier molecular flexibility index (Phi) is 7.19. The molecule has 3 aromatic rings. The van der Waals surface area contributed by atoms with Gasteiger partial charge >= 0.3 is 5.91 Å². The Labute approximate surface area is 207 Å². The first kappa shape index (κ1) is 25.7. The van der Waals surface area contributed by atoms with Gasteiger partial charge in [0.2, 0.25) is 11.7 Å². The van der Waals surface area contributed by atoms with Crippen molar-refractivity contribution in [2.24, 2.45) is 0 Å². The van der Waals surface area contributed by atoms with Crippen molar-refractivity contribution in [2.75, 3.05) is 4.90 Å². The largest absolute Gasteiger partial charge is 0.351 e. The number of aryl methyl sites for hydroxylation is 1. The number of terminal acetylenes is 1. The molecule has 0 saturated heterocycles. The second kappa shape index (κ2) is 10.3. The van der Waals surface area contributed by atoms with Crippen LogP contribution in [0.25, 0.3) is 5.69 Å². The number of carbonyl (C=O) groups excluding carboxylic acids is 2. The lowest BCUT2D eigenvalue weighted by Crippen LogP contribution is -2.47. The number of rotatable bonds is 6. The molecule has 0 bridgehead atoms. The molecule has 4 rings (SSSR count). The van der Waals surface area contributed by atoms with E-state index in [4.69, 9.17) is 6.42 Å². The SMILES string of the molecule is C#CC(=O)N(c1ccc(-n2cnnn2)c(C)c1)C(C(=O)NC1CCCC1)c1c(F)c(F)c(F)c(F)c1F. The number of carbonyl (C=O) groups is 2. The number of nitrogens with one attached hydrogen (secondary N) is 1. The van der Waals surface area contributed by atoms with Crippen LogP contribution in [0.1, 0.15) is 42.9 Å². The molecule has 192 valence electrons. The fourth-order valence-electron chi connectivity index (χ4n) is 4.36. The van der Waals surface area contributed by atoms with E-state index in [-0.39, 0.29) is 5.69 Å². The monoisotopic (exact) mass is 518 g/mol. The van der Waals surface area contributed by atoms with Gasteiger partial charge in [0.25, 0.3) is 0 Å². The number of aromatic nitrogens is 4. The number of benzene rings is 2. The molecular formula is C24H19F5N6O2. The van der Waals surface area contributed by atoms with Gasteiger partial charge in [0.1, 0.15) is 12.4 Å². The summed E-state index contributed by atoms with van der Waals surface area (Å²) >= 11 is 0. The number of hydrogen-bond acceptors (Lipinski definition) is 5. The fraction of sp³-hybridized carbons (Fsp3) is 0.292. The third kappa shape index (κ3) is 4.74. The maximum absolute atomic E-state index is 15.0. The van der Waals surface area contributed by atoms with E-state index in [1.807, 2.05) is 0 Å². The molecule has 1 aliphatic carbocycles. The molecule has 0 radical (unpaired) electrons. The van der Waals surface area contributed by atoms with Crippen LogP contribution in [0.15, 0.2) is 24.5 Å². The quantitative estimate of drug-likeness (QED) is 0.234. The summed E-state index contributed by atoms with van der Waals surface area (Å²) in [6.45, 7) is 1.59. The number of tetrazole rings is 1. The lowest BCUT2D eigenvalue weighted by atomic mass is 9.99. The predicted molar refractivity (Wildman–Crippen MR) is 120 cm³/mol. The zero-order valence-corrected chi connectivity index (χ0v) is 19.3. The van der Waals surface area contributed by atoms with Crippen LogP contribution in [-0.4, -0.2) is 38.1 Å². The Morgan fingerprint density at radius 1 is 1.08 bits per heavy atom. The Hall–Kier alpha value is -4.34. The van der Waals surface area contributed by atoms with Crippen molar-refractivity contribution in [1.29, 1.82) is 0 Å².